The number of rotatable bonds is 9. The van der Waals surface area contributed by atoms with E-state index >= 15 is 0 Å². The fraction of sp³-hybridized carbons (Fsp3) is 0.300. The summed E-state index contributed by atoms with van der Waals surface area (Å²) >= 11 is 3.39. The standard InChI is InChI=1S/C20H22BrNO5/c1-4-25-19(23)8-6-15-5-7-17(26-10-9-24-3)12-18(15)27-20-14(2)11-16(21)13-22-20/h5-8,11-13H,4,9-10H2,1-3H3. The molecule has 0 N–H and O–H groups in total. The molecule has 0 atom stereocenters. The molecule has 2 aromatic rings. The number of hydrogen-bond acceptors (Lipinski definition) is 6. The summed E-state index contributed by atoms with van der Waals surface area (Å²) in [5.74, 6) is 1.20. The molecule has 144 valence electrons. The highest BCUT2D eigenvalue weighted by atomic mass is 79.9. The molecule has 1 aromatic heterocycles. The Hall–Kier alpha value is -2.38. The van der Waals surface area contributed by atoms with Crippen LogP contribution in [0.15, 0.2) is 41.0 Å². The zero-order chi connectivity index (χ0) is 19.6. The van der Waals surface area contributed by atoms with Crippen LogP contribution in [0.25, 0.3) is 6.08 Å². The fourth-order valence-electron chi connectivity index (χ4n) is 2.16. The molecule has 1 heterocycles. The van der Waals surface area contributed by atoms with Crippen molar-refractivity contribution in [3.63, 3.8) is 0 Å². The molecule has 0 spiro atoms. The first-order valence-corrected chi connectivity index (χ1v) is 9.23. The van der Waals surface area contributed by atoms with Crippen molar-refractivity contribution in [3.8, 4) is 17.4 Å². The van der Waals surface area contributed by atoms with E-state index in [-0.39, 0.29) is 0 Å². The van der Waals surface area contributed by atoms with E-state index in [4.69, 9.17) is 18.9 Å². The molecule has 0 unspecified atom stereocenters. The van der Waals surface area contributed by atoms with Crippen LogP contribution in [0.5, 0.6) is 17.4 Å². The summed E-state index contributed by atoms with van der Waals surface area (Å²) < 4.78 is 22.4. The zero-order valence-corrected chi connectivity index (χ0v) is 17.1. The highest BCUT2D eigenvalue weighted by Gasteiger charge is 2.10. The molecule has 2 rings (SSSR count). The topological polar surface area (TPSA) is 66.9 Å². The third-order valence-corrected chi connectivity index (χ3v) is 3.86. The summed E-state index contributed by atoms with van der Waals surface area (Å²) in [6.45, 7) is 4.88. The molecular weight excluding hydrogens is 414 g/mol. The molecule has 1 aromatic carbocycles. The number of methoxy groups -OCH3 is 1. The number of esters is 1. The number of carbonyl (C=O) groups is 1. The average Bonchev–Trinajstić information content (AvgIpc) is 2.64. The first kappa shape index (κ1) is 20.9. The summed E-state index contributed by atoms with van der Waals surface area (Å²) in [7, 11) is 1.61. The first-order chi connectivity index (χ1) is 13.0. The van der Waals surface area contributed by atoms with E-state index in [0.717, 1.165) is 10.0 Å². The Labute approximate surface area is 167 Å². The quantitative estimate of drug-likeness (QED) is 0.327. The van der Waals surface area contributed by atoms with E-state index in [0.29, 0.717) is 42.8 Å². The molecule has 0 aliphatic rings. The first-order valence-electron chi connectivity index (χ1n) is 8.44. The molecule has 0 saturated carbocycles. The minimum atomic E-state index is -0.415. The van der Waals surface area contributed by atoms with Gasteiger partial charge in [-0.2, -0.15) is 0 Å². The molecular formula is C20H22BrNO5. The highest BCUT2D eigenvalue weighted by Crippen LogP contribution is 2.31. The van der Waals surface area contributed by atoms with Crippen molar-refractivity contribution >= 4 is 28.0 Å². The summed E-state index contributed by atoms with van der Waals surface area (Å²) in [5, 5.41) is 0. The maximum absolute atomic E-state index is 11.6. The summed E-state index contributed by atoms with van der Waals surface area (Å²) in [5.41, 5.74) is 1.57. The maximum Gasteiger partial charge on any atom is 0.330 e. The van der Waals surface area contributed by atoms with Crippen molar-refractivity contribution < 1.29 is 23.7 Å². The molecule has 6 nitrogen and oxygen atoms in total. The number of aromatic nitrogens is 1. The van der Waals surface area contributed by atoms with Crippen LogP contribution in [0, 0.1) is 6.92 Å². The minimum Gasteiger partial charge on any atom is -0.491 e. The molecule has 27 heavy (non-hydrogen) atoms. The van der Waals surface area contributed by atoms with Gasteiger partial charge in [0, 0.05) is 41.0 Å². The Balaban J connectivity index is 2.30. The van der Waals surface area contributed by atoms with Crippen molar-refractivity contribution in [3.05, 3.63) is 52.1 Å². The van der Waals surface area contributed by atoms with Crippen LogP contribution in [-0.4, -0.2) is 37.9 Å². The van der Waals surface area contributed by atoms with Crippen LogP contribution in [0.4, 0.5) is 0 Å². The Kier molecular flexibility index (Phi) is 8.29. The van der Waals surface area contributed by atoms with Crippen LogP contribution in [-0.2, 0) is 14.3 Å². The largest absolute Gasteiger partial charge is 0.491 e. The minimum absolute atomic E-state index is 0.320. The number of ether oxygens (including phenoxy) is 4. The van der Waals surface area contributed by atoms with Crippen molar-refractivity contribution in [2.24, 2.45) is 0 Å². The number of carbonyl (C=O) groups excluding carboxylic acids is 1. The summed E-state index contributed by atoms with van der Waals surface area (Å²) in [4.78, 5) is 15.9. The lowest BCUT2D eigenvalue weighted by molar-refractivity contribution is -0.137. The van der Waals surface area contributed by atoms with Gasteiger partial charge < -0.3 is 18.9 Å². The van der Waals surface area contributed by atoms with Gasteiger partial charge in [-0.3, -0.25) is 0 Å². The van der Waals surface area contributed by atoms with Gasteiger partial charge in [0.05, 0.1) is 13.2 Å². The van der Waals surface area contributed by atoms with Crippen LogP contribution in [0.3, 0.4) is 0 Å². The van der Waals surface area contributed by atoms with Gasteiger partial charge in [0.25, 0.3) is 0 Å². The number of hydrogen-bond donors (Lipinski definition) is 0. The van der Waals surface area contributed by atoms with Crippen molar-refractivity contribution in [1.82, 2.24) is 4.98 Å². The van der Waals surface area contributed by atoms with Gasteiger partial charge in [-0.15, -0.1) is 0 Å². The number of aryl methyl sites for hydroxylation is 1. The number of halogens is 1. The molecule has 0 amide bonds. The monoisotopic (exact) mass is 435 g/mol. The van der Waals surface area contributed by atoms with Gasteiger partial charge in [0.15, 0.2) is 0 Å². The second-order valence-corrected chi connectivity index (χ2v) is 6.42. The van der Waals surface area contributed by atoms with E-state index in [1.165, 1.54) is 6.08 Å². The molecule has 0 saturated heterocycles. The Morgan fingerprint density at radius 1 is 1.26 bits per heavy atom. The third-order valence-electron chi connectivity index (χ3n) is 3.43. The van der Waals surface area contributed by atoms with E-state index in [9.17, 15) is 4.79 Å². The fourth-order valence-corrected chi connectivity index (χ4v) is 2.61. The van der Waals surface area contributed by atoms with Gasteiger partial charge in [-0.05, 0) is 54.1 Å². The Morgan fingerprint density at radius 2 is 2.07 bits per heavy atom. The van der Waals surface area contributed by atoms with Gasteiger partial charge in [0.2, 0.25) is 5.88 Å². The highest BCUT2D eigenvalue weighted by molar-refractivity contribution is 9.10. The van der Waals surface area contributed by atoms with Crippen LogP contribution < -0.4 is 9.47 Å². The Bertz CT molecular complexity index is 807. The lowest BCUT2D eigenvalue weighted by Crippen LogP contribution is -2.04. The van der Waals surface area contributed by atoms with E-state index in [2.05, 4.69) is 20.9 Å². The van der Waals surface area contributed by atoms with E-state index in [1.54, 1.807) is 44.5 Å². The molecule has 0 radical (unpaired) electrons. The van der Waals surface area contributed by atoms with Crippen LogP contribution in [0.2, 0.25) is 0 Å². The summed E-state index contributed by atoms with van der Waals surface area (Å²) in [6.07, 6.45) is 4.66. The number of pyridine rings is 1. The summed E-state index contributed by atoms with van der Waals surface area (Å²) in [6, 6.07) is 7.27. The normalized spacial score (nSPS) is 10.8. The predicted octanol–water partition coefficient (Wildman–Crippen LogP) is 4.55. The van der Waals surface area contributed by atoms with Crippen molar-refractivity contribution in [2.45, 2.75) is 13.8 Å². The number of nitrogens with zero attached hydrogens (tertiary/aromatic N) is 1. The average molecular weight is 436 g/mol. The molecule has 0 fully saturated rings. The van der Waals surface area contributed by atoms with E-state index in [1.807, 2.05) is 13.0 Å². The smallest absolute Gasteiger partial charge is 0.330 e. The third kappa shape index (κ3) is 6.69. The molecule has 0 bridgehead atoms. The number of benzene rings is 1. The van der Waals surface area contributed by atoms with Gasteiger partial charge in [0.1, 0.15) is 18.1 Å². The van der Waals surface area contributed by atoms with Gasteiger partial charge >= 0.3 is 5.97 Å². The van der Waals surface area contributed by atoms with Crippen molar-refractivity contribution in [1.29, 1.82) is 0 Å². The predicted molar refractivity (Wildman–Crippen MR) is 106 cm³/mol. The molecule has 0 aliphatic carbocycles. The van der Waals surface area contributed by atoms with Crippen LogP contribution in [0.1, 0.15) is 18.1 Å². The molecule has 7 heteroatoms. The second-order valence-electron chi connectivity index (χ2n) is 5.50. The Morgan fingerprint density at radius 3 is 2.78 bits per heavy atom. The maximum atomic E-state index is 11.6. The molecule has 0 aliphatic heterocycles. The van der Waals surface area contributed by atoms with E-state index < -0.39 is 5.97 Å². The lowest BCUT2D eigenvalue weighted by Gasteiger charge is -2.13. The van der Waals surface area contributed by atoms with Crippen LogP contribution >= 0.6 is 15.9 Å². The zero-order valence-electron chi connectivity index (χ0n) is 15.5. The van der Waals surface area contributed by atoms with Gasteiger partial charge in [-0.25, -0.2) is 9.78 Å². The second kappa shape index (κ2) is 10.7. The van der Waals surface area contributed by atoms with Crippen molar-refractivity contribution in [2.75, 3.05) is 26.9 Å². The SMILES string of the molecule is CCOC(=O)C=Cc1ccc(OCCOC)cc1Oc1ncc(Br)cc1C. The van der Waals surface area contributed by atoms with Gasteiger partial charge in [-0.1, -0.05) is 0 Å². The lowest BCUT2D eigenvalue weighted by atomic mass is 10.1.